The third kappa shape index (κ3) is 4.77. The Morgan fingerprint density at radius 1 is 1.26 bits per heavy atom. The van der Waals surface area contributed by atoms with Gasteiger partial charge in [-0.15, -0.1) is 0 Å². The number of carbonyl (C=O) groups is 1. The van der Waals surface area contributed by atoms with E-state index in [4.69, 9.17) is 10.1 Å². The van der Waals surface area contributed by atoms with Crippen molar-refractivity contribution in [3.8, 4) is 0 Å². The molecule has 0 spiro atoms. The lowest BCUT2D eigenvalue weighted by molar-refractivity contribution is -0.121. The lowest BCUT2D eigenvalue weighted by atomic mass is 10.1. The number of hydrogen-bond acceptors (Lipinski definition) is 5. The van der Waals surface area contributed by atoms with Gasteiger partial charge in [0.2, 0.25) is 5.91 Å². The lowest BCUT2D eigenvalue weighted by Crippen LogP contribution is -2.30. The van der Waals surface area contributed by atoms with E-state index in [1.54, 1.807) is 0 Å². The van der Waals surface area contributed by atoms with Crippen LogP contribution in [0, 0.1) is 13.8 Å². The van der Waals surface area contributed by atoms with Crippen LogP contribution in [0.3, 0.4) is 0 Å². The molecule has 1 saturated heterocycles. The van der Waals surface area contributed by atoms with E-state index in [0.717, 1.165) is 47.8 Å². The van der Waals surface area contributed by atoms with E-state index in [1.807, 2.05) is 37.7 Å². The highest BCUT2D eigenvalue weighted by atomic mass is 16.1. The smallest absolute Gasteiger partial charge is 0.220 e. The van der Waals surface area contributed by atoms with Crippen LogP contribution >= 0.6 is 0 Å². The van der Waals surface area contributed by atoms with Crippen molar-refractivity contribution in [2.45, 2.75) is 72.0 Å². The van der Waals surface area contributed by atoms with Crippen LogP contribution in [0.4, 0.5) is 0 Å². The molecule has 1 fully saturated rings. The molecule has 1 aliphatic rings. The minimum atomic E-state index is 0.0766. The highest BCUT2D eigenvalue weighted by Crippen LogP contribution is 2.33. The number of aromatic nitrogens is 4. The molecule has 1 amide bonds. The summed E-state index contributed by atoms with van der Waals surface area (Å²) in [7, 11) is 0. The monoisotopic (exact) mass is 420 g/mol. The number of likely N-dealkylation sites (tertiary alicyclic amines) is 1. The first-order chi connectivity index (χ1) is 14.9. The molecule has 0 saturated carbocycles. The van der Waals surface area contributed by atoms with Crippen LogP contribution in [0.5, 0.6) is 0 Å². The fourth-order valence-corrected chi connectivity index (χ4v) is 4.57. The minimum absolute atomic E-state index is 0.0766. The predicted octanol–water partition coefficient (Wildman–Crippen LogP) is 3.54. The maximum Gasteiger partial charge on any atom is 0.220 e. The third-order valence-electron chi connectivity index (χ3n) is 6.07. The quantitative estimate of drug-likeness (QED) is 0.633. The summed E-state index contributed by atoms with van der Waals surface area (Å²) >= 11 is 0. The summed E-state index contributed by atoms with van der Waals surface area (Å²) in [5.41, 5.74) is 6.41. The largest absolute Gasteiger partial charge is 0.354 e. The number of aryl methyl sites for hydroxylation is 2. The molecule has 0 bridgehead atoms. The van der Waals surface area contributed by atoms with E-state index < -0.39 is 0 Å². The zero-order valence-electron chi connectivity index (χ0n) is 18.9. The highest BCUT2D eigenvalue weighted by Gasteiger charge is 2.28. The molecule has 7 nitrogen and oxygen atoms in total. The van der Waals surface area contributed by atoms with Crippen LogP contribution in [0.25, 0.3) is 5.65 Å². The first-order valence-electron chi connectivity index (χ1n) is 11.2. The normalized spacial score (nSPS) is 17.0. The summed E-state index contributed by atoms with van der Waals surface area (Å²) in [5, 5.41) is 7.93. The first kappa shape index (κ1) is 21.4. The number of amides is 1. The van der Waals surface area contributed by atoms with Gasteiger partial charge >= 0.3 is 0 Å². The van der Waals surface area contributed by atoms with Crippen molar-refractivity contribution in [1.29, 1.82) is 0 Å². The minimum Gasteiger partial charge on any atom is -0.354 e. The van der Waals surface area contributed by atoms with Gasteiger partial charge in [0.05, 0.1) is 11.7 Å². The van der Waals surface area contributed by atoms with E-state index in [-0.39, 0.29) is 11.9 Å². The van der Waals surface area contributed by atoms with Crippen LogP contribution < -0.4 is 5.32 Å². The van der Waals surface area contributed by atoms with Crippen LogP contribution in [0.15, 0.2) is 30.6 Å². The lowest BCUT2D eigenvalue weighted by Gasteiger charge is -2.22. The summed E-state index contributed by atoms with van der Waals surface area (Å²) < 4.78 is 1.96. The summed E-state index contributed by atoms with van der Waals surface area (Å²) in [4.78, 5) is 23.6. The van der Waals surface area contributed by atoms with Gasteiger partial charge in [-0.25, -0.2) is 9.50 Å². The van der Waals surface area contributed by atoms with Gasteiger partial charge in [0.1, 0.15) is 0 Å². The Bertz CT molecular complexity index is 1060. The fraction of sp³-hybridized carbons (Fsp3) is 0.500. The number of nitrogens with one attached hydrogen (secondary N) is 1. The van der Waals surface area contributed by atoms with Gasteiger partial charge in [-0.2, -0.15) is 5.10 Å². The molecule has 1 aliphatic heterocycles. The van der Waals surface area contributed by atoms with Gasteiger partial charge in [-0.1, -0.05) is 0 Å². The summed E-state index contributed by atoms with van der Waals surface area (Å²) in [6, 6.07) is 6.75. The maximum absolute atomic E-state index is 12.1. The van der Waals surface area contributed by atoms with Gasteiger partial charge in [0, 0.05) is 48.9 Å². The van der Waals surface area contributed by atoms with E-state index in [0.29, 0.717) is 18.9 Å². The van der Waals surface area contributed by atoms with Crippen molar-refractivity contribution < 1.29 is 4.79 Å². The number of rotatable bonds is 7. The van der Waals surface area contributed by atoms with E-state index in [2.05, 4.69) is 40.3 Å². The summed E-state index contributed by atoms with van der Waals surface area (Å²) in [6.45, 7) is 10.0. The fourth-order valence-electron chi connectivity index (χ4n) is 4.57. The number of pyridine rings is 1. The molecule has 1 atom stereocenters. The standard InChI is InChI=1S/C24H32N6O/c1-16(2)26-24(31)8-7-20-17(3)27-23-14-21(28-30(23)18(20)4)22-6-5-13-29(22)15-19-9-11-25-12-10-19/h9-12,14,16,22H,5-8,13,15H2,1-4H3,(H,26,31). The van der Waals surface area contributed by atoms with Crippen LogP contribution in [0.1, 0.15) is 67.4 Å². The van der Waals surface area contributed by atoms with Crippen LogP contribution in [-0.4, -0.2) is 43.0 Å². The Labute approximate surface area is 183 Å². The highest BCUT2D eigenvalue weighted by molar-refractivity contribution is 5.76. The Balaban J connectivity index is 1.56. The SMILES string of the molecule is Cc1nc2cc(C3CCCN3Cc3ccncc3)nn2c(C)c1CCC(=O)NC(C)C. The van der Waals surface area contributed by atoms with Crippen molar-refractivity contribution in [2.24, 2.45) is 0 Å². The average molecular weight is 421 g/mol. The molecule has 7 heteroatoms. The molecular formula is C24H32N6O. The molecule has 4 heterocycles. The molecule has 1 unspecified atom stereocenters. The zero-order valence-corrected chi connectivity index (χ0v) is 18.9. The van der Waals surface area contributed by atoms with Crippen molar-refractivity contribution in [2.75, 3.05) is 6.54 Å². The second-order valence-corrected chi connectivity index (χ2v) is 8.81. The molecule has 3 aromatic heterocycles. The van der Waals surface area contributed by atoms with E-state index in [1.165, 1.54) is 12.0 Å². The topological polar surface area (TPSA) is 75.4 Å². The zero-order chi connectivity index (χ0) is 22.0. The number of fused-ring (bicyclic) bond motifs is 1. The van der Waals surface area contributed by atoms with Gasteiger partial charge in [-0.05, 0) is 76.8 Å². The average Bonchev–Trinajstić information content (AvgIpc) is 3.34. The summed E-state index contributed by atoms with van der Waals surface area (Å²) in [5.74, 6) is 0.0766. The first-order valence-corrected chi connectivity index (χ1v) is 11.2. The molecule has 4 rings (SSSR count). The van der Waals surface area contributed by atoms with Crippen molar-refractivity contribution in [3.63, 3.8) is 0 Å². The molecule has 0 radical (unpaired) electrons. The second kappa shape index (κ2) is 9.14. The number of nitrogens with zero attached hydrogens (tertiary/aromatic N) is 5. The Morgan fingerprint density at radius 2 is 2.03 bits per heavy atom. The predicted molar refractivity (Wildman–Crippen MR) is 121 cm³/mol. The third-order valence-corrected chi connectivity index (χ3v) is 6.07. The Kier molecular flexibility index (Phi) is 6.32. The van der Waals surface area contributed by atoms with Crippen molar-refractivity contribution in [1.82, 2.24) is 29.8 Å². The summed E-state index contributed by atoms with van der Waals surface area (Å²) in [6.07, 6.45) is 7.12. The van der Waals surface area contributed by atoms with Gasteiger partial charge < -0.3 is 5.32 Å². The second-order valence-electron chi connectivity index (χ2n) is 8.81. The van der Waals surface area contributed by atoms with Gasteiger partial charge in [-0.3, -0.25) is 14.7 Å². The number of hydrogen-bond donors (Lipinski definition) is 1. The van der Waals surface area contributed by atoms with Crippen LogP contribution in [0.2, 0.25) is 0 Å². The number of carbonyl (C=O) groups excluding carboxylic acids is 1. The molecule has 164 valence electrons. The molecule has 0 aromatic carbocycles. The molecule has 3 aromatic rings. The van der Waals surface area contributed by atoms with Gasteiger partial charge in [0.15, 0.2) is 5.65 Å². The van der Waals surface area contributed by atoms with Crippen LogP contribution in [-0.2, 0) is 17.8 Å². The molecule has 0 aliphatic carbocycles. The Hall–Kier alpha value is -2.80. The molecular weight excluding hydrogens is 388 g/mol. The molecule has 31 heavy (non-hydrogen) atoms. The molecule has 1 N–H and O–H groups in total. The van der Waals surface area contributed by atoms with Crippen molar-refractivity contribution >= 4 is 11.6 Å². The van der Waals surface area contributed by atoms with E-state index >= 15 is 0 Å². The van der Waals surface area contributed by atoms with Gasteiger partial charge in [0.25, 0.3) is 0 Å². The Morgan fingerprint density at radius 3 is 2.77 bits per heavy atom. The van der Waals surface area contributed by atoms with Crippen molar-refractivity contribution in [3.05, 3.63) is 58.8 Å². The van der Waals surface area contributed by atoms with E-state index in [9.17, 15) is 4.79 Å². The maximum atomic E-state index is 12.1.